The number of ketones is 2. The lowest BCUT2D eigenvalue weighted by molar-refractivity contribution is -0.153. The van der Waals surface area contributed by atoms with Crippen molar-refractivity contribution in [2.45, 2.75) is 12.8 Å². The molecule has 23 heavy (non-hydrogen) atoms. The van der Waals surface area contributed by atoms with E-state index in [9.17, 15) is 19.2 Å². The Balaban J connectivity index is 1.79. The lowest BCUT2D eigenvalue weighted by atomic mass is 9.58. The molecular weight excluding hydrogens is 341 g/mol. The third-order valence-electron chi connectivity index (χ3n) is 5.10. The van der Waals surface area contributed by atoms with Crippen LogP contribution in [0.15, 0.2) is 18.2 Å². The third kappa shape index (κ3) is 1.93. The van der Waals surface area contributed by atoms with Crippen molar-refractivity contribution < 1.29 is 19.2 Å². The van der Waals surface area contributed by atoms with Gasteiger partial charge in [0, 0.05) is 24.7 Å². The summed E-state index contributed by atoms with van der Waals surface area (Å²) in [5, 5.41) is 0.548. The van der Waals surface area contributed by atoms with Crippen molar-refractivity contribution in [3.05, 3.63) is 28.2 Å². The number of carbonyl (C=O) groups is 4. The second kappa shape index (κ2) is 4.89. The number of anilines is 1. The highest BCUT2D eigenvalue weighted by Crippen LogP contribution is 2.51. The minimum absolute atomic E-state index is 0.0684. The zero-order valence-corrected chi connectivity index (χ0v) is 13.3. The van der Waals surface area contributed by atoms with E-state index in [2.05, 4.69) is 0 Å². The number of hydrogen-bond donors (Lipinski definition) is 0. The van der Waals surface area contributed by atoms with Gasteiger partial charge in [0.1, 0.15) is 11.6 Å². The number of carbonyl (C=O) groups excluding carboxylic acids is 4. The summed E-state index contributed by atoms with van der Waals surface area (Å²) in [5.74, 6) is -3.80. The molecule has 7 heteroatoms. The molecule has 0 unspecified atom stereocenters. The van der Waals surface area contributed by atoms with E-state index < -0.39 is 35.5 Å². The SMILES string of the molecule is O=C1C[C@H]2C(=O)C[C@H]1[C@@H]1C(=O)N(c3ccc(Cl)c(Cl)c3)C(=O)[C@@H]12. The van der Waals surface area contributed by atoms with E-state index in [-0.39, 0.29) is 29.4 Å². The molecule has 2 amide bonds. The van der Waals surface area contributed by atoms with E-state index in [1.807, 2.05) is 0 Å². The van der Waals surface area contributed by atoms with E-state index in [1.165, 1.54) is 18.2 Å². The van der Waals surface area contributed by atoms with Gasteiger partial charge in [-0.3, -0.25) is 19.2 Å². The lowest BCUT2D eigenvalue weighted by Gasteiger charge is -2.40. The van der Waals surface area contributed by atoms with Gasteiger partial charge in [-0.2, -0.15) is 0 Å². The standard InChI is InChI=1S/C16H11Cl2NO4/c17-9-2-1-6(3-10(9)18)19-15(22)13-7-4-11(20)8(5-12(7)21)14(13)16(19)23/h1-3,7-8,13-14H,4-5H2/t7-,8+,13+,14-. The van der Waals surface area contributed by atoms with Crippen LogP contribution in [0.5, 0.6) is 0 Å². The molecule has 1 heterocycles. The predicted molar refractivity (Wildman–Crippen MR) is 82.2 cm³/mol. The molecule has 1 aliphatic heterocycles. The number of nitrogens with zero attached hydrogens (tertiary/aromatic N) is 1. The van der Waals surface area contributed by atoms with Gasteiger partial charge in [0.15, 0.2) is 0 Å². The number of fused-ring (bicyclic) bond motifs is 2. The summed E-state index contributed by atoms with van der Waals surface area (Å²) in [6, 6.07) is 4.49. The van der Waals surface area contributed by atoms with E-state index >= 15 is 0 Å². The Labute approximate surface area is 141 Å². The Kier molecular flexibility index (Phi) is 3.15. The lowest BCUT2D eigenvalue weighted by Crippen LogP contribution is -2.51. The average Bonchev–Trinajstić information content (AvgIpc) is 2.77. The van der Waals surface area contributed by atoms with E-state index in [4.69, 9.17) is 23.2 Å². The molecule has 0 N–H and O–H groups in total. The van der Waals surface area contributed by atoms with Crippen LogP contribution in [0.4, 0.5) is 5.69 Å². The number of benzene rings is 1. The van der Waals surface area contributed by atoms with E-state index in [1.54, 1.807) is 0 Å². The second-order valence-corrected chi connectivity index (χ2v) is 7.03. The molecule has 1 aromatic carbocycles. The maximum atomic E-state index is 12.8. The molecule has 4 fully saturated rings. The van der Waals surface area contributed by atoms with Gasteiger partial charge in [0.25, 0.3) is 0 Å². The maximum Gasteiger partial charge on any atom is 0.238 e. The van der Waals surface area contributed by atoms with Gasteiger partial charge in [0.2, 0.25) is 11.8 Å². The summed E-state index contributed by atoms with van der Waals surface area (Å²) in [4.78, 5) is 50.7. The summed E-state index contributed by atoms with van der Waals surface area (Å²) in [7, 11) is 0. The van der Waals surface area contributed by atoms with Gasteiger partial charge in [-0.05, 0) is 18.2 Å². The van der Waals surface area contributed by atoms with Gasteiger partial charge in [-0.15, -0.1) is 0 Å². The average molecular weight is 352 g/mol. The molecule has 3 aliphatic carbocycles. The van der Waals surface area contributed by atoms with Crippen LogP contribution >= 0.6 is 23.2 Å². The van der Waals surface area contributed by atoms with Crippen molar-refractivity contribution in [2.75, 3.05) is 4.90 Å². The van der Waals surface area contributed by atoms with Crippen molar-refractivity contribution in [1.29, 1.82) is 0 Å². The molecule has 4 aliphatic rings. The largest absolute Gasteiger partial charge is 0.299 e. The molecule has 5 nitrogen and oxygen atoms in total. The Morgan fingerprint density at radius 2 is 1.35 bits per heavy atom. The summed E-state index contributed by atoms with van der Waals surface area (Å²) < 4.78 is 0. The van der Waals surface area contributed by atoms with Crippen molar-refractivity contribution in [3.63, 3.8) is 0 Å². The fourth-order valence-electron chi connectivity index (χ4n) is 4.06. The molecule has 1 aromatic rings. The van der Waals surface area contributed by atoms with Gasteiger partial charge < -0.3 is 0 Å². The van der Waals surface area contributed by atoms with Crippen LogP contribution in [0.1, 0.15) is 12.8 Å². The fraction of sp³-hybridized carbons (Fsp3) is 0.375. The van der Waals surface area contributed by atoms with Gasteiger partial charge in [-0.25, -0.2) is 4.90 Å². The number of hydrogen-bond acceptors (Lipinski definition) is 4. The number of halogens is 2. The maximum absolute atomic E-state index is 12.8. The highest BCUT2D eigenvalue weighted by Gasteiger charge is 2.63. The first-order valence-corrected chi connectivity index (χ1v) is 8.04. The number of imide groups is 1. The van der Waals surface area contributed by atoms with Crippen LogP contribution in [0.25, 0.3) is 0 Å². The molecule has 1 saturated heterocycles. The van der Waals surface area contributed by atoms with Gasteiger partial charge >= 0.3 is 0 Å². The Morgan fingerprint density at radius 1 is 0.826 bits per heavy atom. The smallest absolute Gasteiger partial charge is 0.238 e. The van der Waals surface area contributed by atoms with Crippen LogP contribution in [0.2, 0.25) is 10.0 Å². The zero-order valence-electron chi connectivity index (χ0n) is 11.8. The van der Waals surface area contributed by atoms with Crippen LogP contribution in [-0.4, -0.2) is 23.4 Å². The van der Waals surface area contributed by atoms with Crippen molar-refractivity contribution in [2.24, 2.45) is 23.7 Å². The molecular formula is C16H11Cl2NO4. The van der Waals surface area contributed by atoms with Crippen molar-refractivity contribution >= 4 is 52.3 Å². The van der Waals surface area contributed by atoms with Gasteiger partial charge in [-0.1, -0.05) is 23.2 Å². The van der Waals surface area contributed by atoms with Crippen molar-refractivity contribution in [1.82, 2.24) is 0 Å². The molecule has 118 valence electrons. The van der Waals surface area contributed by atoms with E-state index in [0.717, 1.165) is 4.90 Å². The summed E-state index contributed by atoms with van der Waals surface area (Å²) in [5.41, 5.74) is 0.322. The number of Topliss-reactive ketones (excluding diaryl/α,β-unsaturated/α-hetero) is 2. The van der Waals surface area contributed by atoms with Crippen LogP contribution < -0.4 is 4.90 Å². The highest BCUT2D eigenvalue weighted by molar-refractivity contribution is 6.42. The fourth-order valence-corrected chi connectivity index (χ4v) is 4.35. The summed E-state index contributed by atoms with van der Waals surface area (Å²) in [6.45, 7) is 0. The first-order chi connectivity index (χ1) is 10.9. The Morgan fingerprint density at radius 3 is 1.83 bits per heavy atom. The molecule has 5 rings (SSSR count). The highest BCUT2D eigenvalue weighted by atomic mass is 35.5. The zero-order chi connectivity index (χ0) is 16.5. The molecule has 0 aromatic heterocycles. The minimum Gasteiger partial charge on any atom is -0.299 e. The van der Waals surface area contributed by atoms with Crippen LogP contribution in [0.3, 0.4) is 0 Å². The number of rotatable bonds is 1. The minimum atomic E-state index is -0.721. The van der Waals surface area contributed by atoms with E-state index in [0.29, 0.717) is 10.7 Å². The second-order valence-electron chi connectivity index (χ2n) is 6.22. The molecule has 3 saturated carbocycles. The molecule has 2 bridgehead atoms. The normalized spacial score (nSPS) is 32.7. The molecule has 4 atom stereocenters. The summed E-state index contributed by atoms with van der Waals surface area (Å²) >= 11 is 11.8. The van der Waals surface area contributed by atoms with Crippen molar-refractivity contribution in [3.8, 4) is 0 Å². The van der Waals surface area contributed by atoms with Gasteiger partial charge in [0.05, 0.1) is 27.6 Å². The Hall–Kier alpha value is -1.72. The quantitative estimate of drug-likeness (QED) is 0.727. The monoisotopic (exact) mass is 351 g/mol. The first kappa shape index (κ1) is 14.8. The first-order valence-electron chi connectivity index (χ1n) is 7.28. The Bertz CT molecular complexity index is 750. The topological polar surface area (TPSA) is 71.5 Å². The predicted octanol–water partition coefficient (Wildman–Crippen LogP) is 2.28. The van der Waals surface area contributed by atoms with Crippen LogP contribution in [-0.2, 0) is 19.2 Å². The third-order valence-corrected chi connectivity index (χ3v) is 5.83. The van der Waals surface area contributed by atoms with Crippen LogP contribution in [0, 0.1) is 23.7 Å². The number of amides is 2. The molecule has 0 radical (unpaired) electrons. The summed E-state index contributed by atoms with van der Waals surface area (Å²) in [6.07, 6.45) is 0.137. The molecule has 0 spiro atoms.